The van der Waals surface area contributed by atoms with Crippen LogP contribution in [0.15, 0.2) is 72.8 Å². The number of pyridine rings is 1. The minimum atomic E-state index is -1.18. The van der Waals surface area contributed by atoms with Gasteiger partial charge in [-0.25, -0.2) is 14.6 Å². The van der Waals surface area contributed by atoms with Crippen LogP contribution < -0.4 is 10.2 Å². The molecule has 40 heavy (non-hydrogen) atoms. The number of rotatable bonds is 7. The number of anilines is 1. The fraction of sp³-hybridized carbons (Fsp3) is 0.281. The molecular formula is C32H31N3O5. The molecule has 0 bridgehead atoms. The van der Waals surface area contributed by atoms with Crippen molar-refractivity contribution < 1.29 is 24.2 Å². The average Bonchev–Trinajstić information content (AvgIpc) is 3.29. The second kappa shape index (κ2) is 11.0. The van der Waals surface area contributed by atoms with E-state index < -0.39 is 18.1 Å². The number of ether oxygens (including phenoxy) is 2. The molecule has 0 radical (unpaired) electrons. The minimum Gasteiger partial charge on any atom is -0.480 e. The summed E-state index contributed by atoms with van der Waals surface area (Å²) in [5, 5.41) is 13.6. The summed E-state index contributed by atoms with van der Waals surface area (Å²) in [6.07, 6.45) is -0.685. The maximum atomic E-state index is 12.9. The monoisotopic (exact) mass is 537 g/mol. The molecule has 6 rings (SSSR count). The molecule has 8 heteroatoms. The molecule has 1 unspecified atom stereocenters. The zero-order valence-corrected chi connectivity index (χ0v) is 22.3. The molecule has 0 saturated carbocycles. The van der Waals surface area contributed by atoms with E-state index in [4.69, 9.17) is 14.5 Å². The summed E-state index contributed by atoms with van der Waals surface area (Å²) in [7, 11) is 0. The van der Waals surface area contributed by atoms with Crippen molar-refractivity contribution >= 4 is 28.8 Å². The molecule has 1 saturated heterocycles. The lowest BCUT2D eigenvalue weighted by Gasteiger charge is -2.30. The Morgan fingerprint density at radius 2 is 1.70 bits per heavy atom. The number of benzene rings is 3. The van der Waals surface area contributed by atoms with Gasteiger partial charge < -0.3 is 24.8 Å². The Morgan fingerprint density at radius 3 is 2.38 bits per heavy atom. The van der Waals surface area contributed by atoms with E-state index in [1.165, 1.54) is 0 Å². The molecule has 1 amide bonds. The fourth-order valence-corrected chi connectivity index (χ4v) is 5.73. The number of aryl methyl sites for hydroxylation is 1. The van der Waals surface area contributed by atoms with Crippen LogP contribution in [0, 0.1) is 6.92 Å². The molecule has 8 nitrogen and oxygen atoms in total. The quantitative estimate of drug-likeness (QED) is 0.345. The van der Waals surface area contributed by atoms with Crippen LogP contribution in [0.3, 0.4) is 0 Å². The van der Waals surface area contributed by atoms with E-state index in [1.807, 2.05) is 67.6 Å². The Hall–Kier alpha value is -4.43. The molecule has 4 aromatic rings. The molecule has 1 aromatic heterocycles. The molecule has 1 aliphatic heterocycles. The number of carboxylic acid groups (broad SMARTS) is 1. The molecule has 1 atom stereocenters. The van der Waals surface area contributed by atoms with Gasteiger partial charge in [0.2, 0.25) is 0 Å². The molecule has 3 aromatic carbocycles. The predicted octanol–water partition coefficient (Wildman–Crippen LogP) is 4.91. The number of hydrogen-bond donors (Lipinski definition) is 2. The molecule has 204 valence electrons. The number of amides is 1. The van der Waals surface area contributed by atoms with Crippen LogP contribution in [0.25, 0.3) is 22.0 Å². The van der Waals surface area contributed by atoms with E-state index in [0.717, 1.165) is 50.1 Å². The Labute approximate surface area is 232 Å². The van der Waals surface area contributed by atoms with Crippen LogP contribution >= 0.6 is 0 Å². The van der Waals surface area contributed by atoms with Gasteiger partial charge in [-0.1, -0.05) is 60.2 Å². The number of fused-ring (bicyclic) bond motifs is 4. The number of carbonyl (C=O) groups excluding carboxylic acids is 1. The van der Waals surface area contributed by atoms with Crippen molar-refractivity contribution in [3.05, 3.63) is 95.1 Å². The van der Waals surface area contributed by atoms with Crippen LogP contribution in [0.5, 0.6) is 0 Å². The number of alkyl carbamates (subject to hydrolysis) is 1. The van der Waals surface area contributed by atoms with Gasteiger partial charge in [-0.05, 0) is 52.9 Å². The molecule has 1 fully saturated rings. The van der Waals surface area contributed by atoms with Gasteiger partial charge >= 0.3 is 12.1 Å². The summed E-state index contributed by atoms with van der Waals surface area (Å²) in [5.74, 6) is -0.520. The van der Waals surface area contributed by atoms with Gasteiger partial charge in [0.25, 0.3) is 0 Å². The van der Waals surface area contributed by atoms with Crippen molar-refractivity contribution in [1.82, 2.24) is 10.3 Å². The maximum absolute atomic E-state index is 12.9. The highest BCUT2D eigenvalue weighted by Gasteiger charge is 2.30. The van der Waals surface area contributed by atoms with Crippen molar-refractivity contribution in [3.8, 4) is 11.1 Å². The van der Waals surface area contributed by atoms with Crippen LogP contribution in [-0.4, -0.2) is 61.1 Å². The number of nitrogens with zero attached hydrogens (tertiary/aromatic N) is 2. The number of aromatic nitrogens is 1. The summed E-state index contributed by atoms with van der Waals surface area (Å²) in [6, 6.07) is 23.0. The first-order chi connectivity index (χ1) is 19.5. The van der Waals surface area contributed by atoms with Crippen molar-refractivity contribution in [2.45, 2.75) is 25.3 Å². The van der Waals surface area contributed by atoms with E-state index in [2.05, 4.69) is 22.3 Å². The van der Waals surface area contributed by atoms with E-state index in [1.54, 1.807) is 0 Å². The van der Waals surface area contributed by atoms with E-state index in [0.29, 0.717) is 26.3 Å². The van der Waals surface area contributed by atoms with Crippen molar-refractivity contribution in [2.75, 3.05) is 37.8 Å². The summed E-state index contributed by atoms with van der Waals surface area (Å²) in [5.41, 5.74) is 7.14. The van der Waals surface area contributed by atoms with E-state index >= 15 is 0 Å². The van der Waals surface area contributed by atoms with Crippen molar-refractivity contribution in [3.63, 3.8) is 0 Å². The number of carboxylic acids is 1. The highest BCUT2D eigenvalue weighted by atomic mass is 16.5. The number of carbonyl (C=O) groups is 2. The first-order valence-corrected chi connectivity index (χ1v) is 13.6. The second-order valence-electron chi connectivity index (χ2n) is 10.3. The Kier molecular flexibility index (Phi) is 7.09. The smallest absolute Gasteiger partial charge is 0.407 e. The second-order valence-corrected chi connectivity index (χ2v) is 10.3. The van der Waals surface area contributed by atoms with Gasteiger partial charge in [-0.2, -0.15) is 0 Å². The molecule has 2 N–H and O–H groups in total. The van der Waals surface area contributed by atoms with Gasteiger partial charge in [-0.15, -0.1) is 0 Å². The van der Waals surface area contributed by atoms with Gasteiger partial charge in [0.05, 0.1) is 18.7 Å². The molecule has 2 aliphatic rings. The Morgan fingerprint density at radius 1 is 1.02 bits per heavy atom. The largest absolute Gasteiger partial charge is 0.480 e. The van der Waals surface area contributed by atoms with Crippen LogP contribution in [0.4, 0.5) is 10.6 Å². The van der Waals surface area contributed by atoms with Gasteiger partial charge in [-0.3, -0.25) is 0 Å². The molecule has 2 heterocycles. The predicted molar refractivity (Wildman–Crippen MR) is 153 cm³/mol. The van der Waals surface area contributed by atoms with Gasteiger partial charge in [0.1, 0.15) is 18.5 Å². The molecule has 0 spiro atoms. The molecule has 1 aliphatic carbocycles. The first kappa shape index (κ1) is 25.8. The third kappa shape index (κ3) is 5.10. The van der Waals surface area contributed by atoms with E-state index in [9.17, 15) is 14.7 Å². The summed E-state index contributed by atoms with van der Waals surface area (Å²) >= 11 is 0. The van der Waals surface area contributed by atoms with Gasteiger partial charge in [0.15, 0.2) is 0 Å². The van der Waals surface area contributed by atoms with Crippen LogP contribution in [0.1, 0.15) is 28.2 Å². The normalized spacial score (nSPS) is 15.4. The summed E-state index contributed by atoms with van der Waals surface area (Å²) < 4.78 is 11.1. The standard InChI is InChI=1S/C32H31N3O5/c1-20-10-11-28-21(16-20)17-22(30(33-28)35-12-14-39-15-13-35)18-29(31(36)37)34-32(38)40-19-27-25-8-4-2-6-23(25)24-7-3-5-9-26(24)27/h2-11,16-17,27,29H,12-15,18-19H2,1H3,(H,34,38)(H,36,37). The average molecular weight is 538 g/mol. The SMILES string of the molecule is Cc1ccc2nc(N3CCOCC3)c(CC(NC(=O)OCC3c4ccccc4-c4ccccc43)C(=O)O)cc2c1. The van der Waals surface area contributed by atoms with Crippen LogP contribution in [-0.2, 0) is 20.7 Å². The minimum absolute atomic E-state index is 0.0725. The zero-order chi connectivity index (χ0) is 27.6. The Bertz CT molecular complexity index is 1530. The summed E-state index contributed by atoms with van der Waals surface area (Å²) in [6.45, 7) is 4.60. The Balaban J connectivity index is 1.21. The fourth-order valence-electron chi connectivity index (χ4n) is 5.73. The first-order valence-electron chi connectivity index (χ1n) is 13.6. The lowest BCUT2D eigenvalue weighted by atomic mass is 9.98. The highest BCUT2D eigenvalue weighted by molar-refractivity contribution is 5.85. The number of morpholine rings is 1. The lowest BCUT2D eigenvalue weighted by Crippen LogP contribution is -2.43. The topological polar surface area (TPSA) is 101 Å². The third-order valence-corrected chi connectivity index (χ3v) is 7.69. The lowest BCUT2D eigenvalue weighted by molar-refractivity contribution is -0.139. The van der Waals surface area contributed by atoms with E-state index in [-0.39, 0.29) is 18.9 Å². The van der Waals surface area contributed by atoms with Gasteiger partial charge in [0, 0.05) is 30.8 Å². The maximum Gasteiger partial charge on any atom is 0.407 e. The number of aliphatic carboxylic acids is 1. The third-order valence-electron chi connectivity index (χ3n) is 7.69. The highest BCUT2D eigenvalue weighted by Crippen LogP contribution is 2.44. The van der Waals surface area contributed by atoms with Crippen molar-refractivity contribution in [1.29, 1.82) is 0 Å². The van der Waals surface area contributed by atoms with Crippen LogP contribution in [0.2, 0.25) is 0 Å². The van der Waals surface area contributed by atoms with Crippen molar-refractivity contribution in [2.24, 2.45) is 0 Å². The number of hydrogen-bond acceptors (Lipinski definition) is 6. The zero-order valence-electron chi connectivity index (χ0n) is 22.3. The molecular weight excluding hydrogens is 506 g/mol. The summed E-state index contributed by atoms with van der Waals surface area (Å²) in [4.78, 5) is 32.3. The number of nitrogens with one attached hydrogen (secondary N) is 1.